The Morgan fingerprint density at radius 3 is 2.39 bits per heavy atom. The van der Waals surface area contributed by atoms with Gasteiger partial charge >= 0.3 is 12.0 Å². The Morgan fingerprint density at radius 1 is 1.06 bits per heavy atom. The van der Waals surface area contributed by atoms with Gasteiger partial charge in [0.05, 0.1) is 25.5 Å². The number of carbonyl (C=O) groups excluding carboxylic acids is 3. The molecule has 2 aromatic rings. The largest absolute Gasteiger partial charge is 0.496 e. The van der Waals surface area contributed by atoms with E-state index < -0.39 is 5.97 Å². The molecule has 0 aliphatic carbocycles. The van der Waals surface area contributed by atoms with Crippen LogP contribution in [0.4, 0.5) is 10.5 Å². The molecule has 7 heteroatoms. The second-order valence-electron chi connectivity index (χ2n) is 7.76. The van der Waals surface area contributed by atoms with E-state index in [1.165, 1.54) is 7.11 Å². The van der Waals surface area contributed by atoms with E-state index in [9.17, 15) is 14.4 Å². The van der Waals surface area contributed by atoms with Crippen LogP contribution in [0.2, 0.25) is 0 Å². The minimum Gasteiger partial charge on any atom is -0.496 e. The third-order valence-corrected chi connectivity index (χ3v) is 5.60. The first kappa shape index (κ1) is 22.3. The van der Waals surface area contributed by atoms with Gasteiger partial charge in [0, 0.05) is 24.6 Å². The zero-order chi connectivity index (χ0) is 22.5. The summed E-state index contributed by atoms with van der Waals surface area (Å²) >= 11 is 0. The fourth-order valence-electron chi connectivity index (χ4n) is 4.10. The fraction of sp³-hybridized carbons (Fsp3) is 0.375. The number of nitrogens with zero attached hydrogens (tertiary/aromatic N) is 1. The molecule has 2 aromatic carbocycles. The lowest BCUT2D eigenvalue weighted by Gasteiger charge is -2.32. The number of para-hydroxylation sites is 1. The number of esters is 1. The Bertz CT molecular complexity index is 978. The molecule has 1 atom stereocenters. The summed E-state index contributed by atoms with van der Waals surface area (Å²) in [6, 6.07) is 10.0. The zero-order valence-corrected chi connectivity index (χ0v) is 18.4. The first-order valence-corrected chi connectivity index (χ1v) is 10.3. The second-order valence-corrected chi connectivity index (χ2v) is 7.76. The summed E-state index contributed by atoms with van der Waals surface area (Å²) in [5.74, 6) is 0.0159. The number of rotatable bonds is 5. The summed E-state index contributed by atoms with van der Waals surface area (Å²) in [5.41, 5.74) is 3.13. The van der Waals surface area contributed by atoms with Crippen molar-refractivity contribution in [3.05, 3.63) is 58.7 Å². The summed E-state index contributed by atoms with van der Waals surface area (Å²) in [6.07, 6.45) is 1.46. The van der Waals surface area contributed by atoms with E-state index in [2.05, 4.69) is 5.32 Å². The highest BCUT2D eigenvalue weighted by atomic mass is 16.5. The van der Waals surface area contributed by atoms with Gasteiger partial charge in [0.2, 0.25) is 0 Å². The van der Waals surface area contributed by atoms with Gasteiger partial charge in [-0.25, -0.2) is 9.59 Å². The van der Waals surface area contributed by atoms with Crippen LogP contribution in [0.5, 0.6) is 5.75 Å². The summed E-state index contributed by atoms with van der Waals surface area (Å²) in [4.78, 5) is 39.6. The maximum absolute atomic E-state index is 13.2. The van der Waals surface area contributed by atoms with Gasteiger partial charge in [0.25, 0.3) is 0 Å². The van der Waals surface area contributed by atoms with Crippen LogP contribution in [0.25, 0.3) is 0 Å². The maximum atomic E-state index is 13.2. The molecule has 1 fully saturated rings. The van der Waals surface area contributed by atoms with Crippen LogP contribution < -0.4 is 10.1 Å². The number of anilines is 1. The zero-order valence-electron chi connectivity index (χ0n) is 18.4. The Hall–Kier alpha value is -3.35. The van der Waals surface area contributed by atoms with Crippen LogP contribution in [0.1, 0.15) is 44.7 Å². The molecule has 164 valence electrons. The van der Waals surface area contributed by atoms with Gasteiger partial charge in [-0.1, -0.05) is 12.1 Å². The Balaban J connectivity index is 1.73. The smallest absolute Gasteiger partial charge is 0.339 e. The van der Waals surface area contributed by atoms with E-state index in [4.69, 9.17) is 9.47 Å². The predicted molar refractivity (Wildman–Crippen MR) is 118 cm³/mol. The van der Waals surface area contributed by atoms with Gasteiger partial charge in [-0.2, -0.15) is 0 Å². The van der Waals surface area contributed by atoms with Gasteiger partial charge < -0.3 is 19.7 Å². The first-order chi connectivity index (χ1) is 14.8. The number of piperidine rings is 1. The van der Waals surface area contributed by atoms with Crippen molar-refractivity contribution in [1.29, 1.82) is 0 Å². The number of urea groups is 1. The molecule has 1 aliphatic rings. The molecule has 0 saturated carbocycles. The summed E-state index contributed by atoms with van der Waals surface area (Å²) in [7, 11) is 2.91. The average molecular weight is 424 g/mol. The number of nitrogens with one attached hydrogen (secondary N) is 1. The van der Waals surface area contributed by atoms with E-state index in [0.29, 0.717) is 24.3 Å². The number of ketones is 1. The Labute approximate surface area is 182 Å². The highest BCUT2D eigenvalue weighted by Crippen LogP contribution is 2.28. The number of amides is 2. The number of methoxy groups -OCH3 is 2. The van der Waals surface area contributed by atoms with Gasteiger partial charge in [0.1, 0.15) is 5.75 Å². The van der Waals surface area contributed by atoms with Crippen molar-refractivity contribution in [2.75, 3.05) is 32.6 Å². The number of hydrogen-bond donors (Lipinski definition) is 1. The van der Waals surface area contributed by atoms with Crippen molar-refractivity contribution >= 4 is 23.5 Å². The summed E-state index contributed by atoms with van der Waals surface area (Å²) < 4.78 is 10.2. The molecule has 0 unspecified atom stereocenters. The van der Waals surface area contributed by atoms with Crippen LogP contribution in [0, 0.1) is 19.8 Å². The molecule has 1 saturated heterocycles. The molecule has 31 heavy (non-hydrogen) atoms. The van der Waals surface area contributed by atoms with Gasteiger partial charge in [0.15, 0.2) is 5.78 Å². The number of Topliss-reactive ketones (excluding diaryl/α,β-unsaturated/α-hetero) is 1. The highest BCUT2D eigenvalue weighted by Gasteiger charge is 2.30. The predicted octanol–water partition coefficient (Wildman–Crippen LogP) is 4.23. The van der Waals surface area contributed by atoms with E-state index in [1.54, 1.807) is 36.3 Å². The van der Waals surface area contributed by atoms with E-state index in [1.807, 2.05) is 26.0 Å². The molecular formula is C24H28N2O5. The minimum absolute atomic E-state index is 0.0290. The van der Waals surface area contributed by atoms with Crippen molar-refractivity contribution in [1.82, 2.24) is 4.90 Å². The standard InChI is InChI=1S/C24H28N2O5/c1-15-12-18(13-16(2)22(15)30-3)21(27)17-8-7-11-26(14-17)24(29)25-20-10-6-5-9-19(20)23(28)31-4/h5-6,9-10,12-13,17H,7-8,11,14H2,1-4H3,(H,25,29)/t17-/m1/s1. The van der Waals surface area contributed by atoms with Crippen LogP contribution in [0.3, 0.4) is 0 Å². The highest BCUT2D eigenvalue weighted by molar-refractivity contribution is 6.01. The lowest BCUT2D eigenvalue weighted by atomic mass is 9.89. The molecule has 1 N–H and O–H groups in total. The quantitative estimate of drug-likeness (QED) is 0.574. The van der Waals surface area contributed by atoms with Crippen LogP contribution in [-0.4, -0.2) is 50.0 Å². The van der Waals surface area contributed by atoms with E-state index in [0.717, 1.165) is 29.7 Å². The monoisotopic (exact) mass is 424 g/mol. The van der Waals surface area contributed by atoms with Crippen molar-refractivity contribution in [2.45, 2.75) is 26.7 Å². The molecule has 2 amide bonds. The van der Waals surface area contributed by atoms with E-state index >= 15 is 0 Å². The van der Waals surface area contributed by atoms with E-state index in [-0.39, 0.29) is 23.3 Å². The fourth-order valence-corrected chi connectivity index (χ4v) is 4.10. The molecule has 3 rings (SSSR count). The normalized spacial score (nSPS) is 15.9. The summed E-state index contributed by atoms with van der Waals surface area (Å²) in [5, 5.41) is 2.79. The molecule has 1 heterocycles. The maximum Gasteiger partial charge on any atom is 0.339 e. The van der Waals surface area contributed by atoms with Crippen molar-refractivity contribution in [3.8, 4) is 5.75 Å². The van der Waals surface area contributed by atoms with Crippen molar-refractivity contribution in [3.63, 3.8) is 0 Å². The third kappa shape index (κ3) is 4.87. The molecular weight excluding hydrogens is 396 g/mol. The number of hydrogen-bond acceptors (Lipinski definition) is 5. The Kier molecular flexibility index (Phi) is 6.95. The van der Waals surface area contributed by atoms with Gasteiger partial charge in [-0.05, 0) is 62.1 Å². The van der Waals surface area contributed by atoms with Crippen LogP contribution in [-0.2, 0) is 4.74 Å². The van der Waals surface area contributed by atoms with Gasteiger partial charge in [-0.3, -0.25) is 4.79 Å². The molecule has 0 radical (unpaired) electrons. The number of carbonyl (C=O) groups is 3. The summed E-state index contributed by atoms with van der Waals surface area (Å²) in [6.45, 7) is 4.72. The average Bonchev–Trinajstić information content (AvgIpc) is 2.78. The topological polar surface area (TPSA) is 84.9 Å². The first-order valence-electron chi connectivity index (χ1n) is 10.3. The molecule has 1 aliphatic heterocycles. The lowest BCUT2D eigenvalue weighted by Crippen LogP contribution is -2.44. The number of likely N-dealkylation sites (tertiary alicyclic amines) is 1. The SMILES string of the molecule is COC(=O)c1ccccc1NC(=O)N1CCC[C@@H](C(=O)c2cc(C)c(OC)c(C)c2)C1. The molecule has 0 spiro atoms. The number of ether oxygens (including phenoxy) is 2. The molecule has 0 bridgehead atoms. The minimum atomic E-state index is -0.521. The lowest BCUT2D eigenvalue weighted by molar-refractivity contribution is 0.0601. The molecule has 0 aromatic heterocycles. The Morgan fingerprint density at radius 2 is 1.74 bits per heavy atom. The van der Waals surface area contributed by atoms with Crippen LogP contribution in [0.15, 0.2) is 36.4 Å². The second kappa shape index (κ2) is 9.64. The van der Waals surface area contributed by atoms with Gasteiger partial charge in [-0.15, -0.1) is 0 Å². The van der Waals surface area contributed by atoms with Crippen LogP contribution >= 0.6 is 0 Å². The van der Waals surface area contributed by atoms with Crippen molar-refractivity contribution < 1.29 is 23.9 Å². The van der Waals surface area contributed by atoms with Crippen molar-refractivity contribution in [2.24, 2.45) is 5.92 Å². The number of benzene rings is 2. The number of aryl methyl sites for hydroxylation is 2. The third-order valence-electron chi connectivity index (χ3n) is 5.60. The molecule has 7 nitrogen and oxygen atoms in total.